The van der Waals surface area contributed by atoms with Crippen molar-refractivity contribution in [2.75, 3.05) is 0 Å². The molecule has 0 aliphatic carbocycles. The van der Waals surface area contributed by atoms with Crippen molar-refractivity contribution in [1.29, 1.82) is 0 Å². The first-order chi connectivity index (χ1) is 15.3. The highest BCUT2D eigenvalue weighted by molar-refractivity contribution is 8.33. The molecule has 0 bridgehead atoms. The first-order valence-electron chi connectivity index (χ1n) is 9.78. The monoisotopic (exact) mass is 468 g/mol. The molecule has 164 valence electrons. The molecule has 0 saturated carbocycles. The molecule has 0 atom stereocenters. The van der Waals surface area contributed by atoms with Crippen LogP contribution in [-0.4, -0.2) is 13.5 Å². The molecule has 4 aromatic rings. The number of phenols is 1. The molecular formula is C25H21FO4S2. The maximum absolute atomic E-state index is 13.9. The fourth-order valence-electron chi connectivity index (χ4n) is 3.34. The van der Waals surface area contributed by atoms with Gasteiger partial charge < -0.3 is 5.11 Å². The molecule has 0 amide bonds. The Balaban J connectivity index is 2.04. The van der Waals surface area contributed by atoms with Gasteiger partial charge in [-0.25, -0.2) is 8.02 Å². The summed E-state index contributed by atoms with van der Waals surface area (Å²) in [4.78, 5) is 1.27. The molecule has 0 spiro atoms. The largest absolute Gasteiger partial charge is 0.507 e. The number of phenolic OH excluding ortho intramolecular Hbond substituents is 1. The summed E-state index contributed by atoms with van der Waals surface area (Å²) in [5, 5.41) is 10.8. The molecule has 0 unspecified atom stereocenters. The van der Waals surface area contributed by atoms with E-state index in [4.69, 9.17) is 3.63 Å². The predicted molar refractivity (Wildman–Crippen MR) is 123 cm³/mol. The number of halogens is 1. The summed E-state index contributed by atoms with van der Waals surface area (Å²) in [5.74, 6) is -1.02. The Morgan fingerprint density at radius 3 is 1.75 bits per heavy atom. The molecule has 1 N–H and O–H groups in total. The second kappa shape index (κ2) is 8.78. The predicted octanol–water partition coefficient (Wildman–Crippen LogP) is 6.44. The van der Waals surface area contributed by atoms with Crippen molar-refractivity contribution in [2.24, 2.45) is 0 Å². The first-order valence-corrected chi connectivity index (χ1v) is 12.7. The van der Waals surface area contributed by atoms with Crippen LogP contribution < -0.4 is 0 Å². The maximum atomic E-state index is 13.9. The molecule has 0 aromatic heterocycles. The van der Waals surface area contributed by atoms with Crippen molar-refractivity contribution in [3.8, 4) is 5.75 Å². The van der Waals surface area contributed by atoms with Crippen molar-refractivity contribution in [2.45, 2.75) is 26.5 Å². The number of aromatic hydroxyl groups is 1. The van der Waals surface area contributed by atoms with Crippen molar-refractivity contribution < 1.29 is 21.5 Å². The minimum atomic E-state index is -4.27. The van der Waals surface area contributed by atoms with Crippen LogP contribution in [0.15, 0.2) is 123 Å². The molecule has 32 heavy (non-hydrogen) atoms. The summed E-state index contributed by atoms with van der Waals surface area (Å²) in [5.41, 5.74) is 0.907. The van der Waals surface area contributed by atoms with Crippen molar-refractivity contribution >= 4 is 20.4 Å². The van der Waals surface area contributed by atoms with E-state index >= 15 is 0 Å². The van der Waals surface area contributed by atoms with Gasteiger partial charge in [-0.1, -0.05) is 54.1 Å². The van der Waals surface area contributed by atoms with Crippen molar-refractivity contribution in [3.63, 3.8) is 0 Å². The molecule has 4 rings (SSSR count). The fraction of sp³-hybridized carbons (Fsp3) is 0.0400. The van der Waals surface area contributed by atoms with Crippen LogP contribution in [0.3, 0.4) is 0 Å². The van der Waals surface area contributed by atoms with Gasteiger partial charge in [-0.15, -0.1) is 0 Å². The molecule has 0 radical (unpaired) electrons. The number of hydrogen-bond acceptors (Lipinski definition) is 4. The van der Waals surface area contributed by atoms with Crippen LogP contribution in [0, 0.1) is 12.7 Å². The van der Waals surface area contributed by atoms with Crippen LogP contribution in [0.2, 0.25) is 0 Å². The van der Waals surface area contributed by atoms with E-state index in [-0.39, 0.29) is 15.5 Å². The Morgan fingerprint density at radius 1 is 0.719 bits per heavy atom. The zero-order valence-corrected chi connectivity index (χ0v) is 18.8. The third-order valence-electron chi connectivity index (χ3n) is 4.88. The smallest absolute Gasteiger partial charge is 0.307 e. The first kappa shape index (κ1) is 22.1. The van der Waals surface area contributed by atoms with E-state index in [1.165, 1.54) is 24.3 Å². The van der Waals surface area contributed by atoms with Crippen molar-refractivity contribution in [1.82, 2.24) is 0 Å². The number of aryl methyl sites for hydroxylation is 1. The van der Waals surface area contributed by atoms with Gasteiger partial charge in [0.25, 0.3) is 0 Å². The standard InChI is InChI=1S/C25H21FO4S2/c1-19-12-15-23(16-13-19)32(28,29)30-31(21-8-4-2-5-9-21,22-10-6-3-7-11-22)25-17-14-20(26)18-24(25)27/h2-18,27H,1H3. The lowest BCUT2D eigenvalue weighted by Gasteiger charge is -2.39. The van der Waals surface area contributed by atoms with Gasteiger partial charge >= 0.3 is 10.1 Å². The van der Waals surface area contributed by atoms with Gasteiger partial charge in [-0.3, -0.25) is 0 Å². The Labute approximate surface area is 188 Å². The molecular weight excluding hydrogens is 447 g/mol. The summed E-state index contributed by atoms with van der Waals surface area (Å²) in [6.07, 6.45) is 0. The van der Waals surface area contributed by atoms with Gasteiger partial charge in [0, 0.05) is 15.9 Å². The van der Waals surface area contributed by atoms with Gasteiger partial charge in [-0.05, 0) is 65.8 Å². The summed E-state index contributed by atoms with van der Waals surface area (Å²) < 4.78 is 47.0. The van der Waals surface area contributed by atoms with Crippen LogP contribution in [0.5, 0.6) is 5.75 Å². The molecule has 4 aromatic carbocycles. The third-order valence-corrected chi connectivity index (χ3v) is 10.1. The SMILES string of the molecule is Cc1ccc(S(=O)(=O)OS(c2ccccc2)(c2ccccc2)c2ccc(F)cc2O)cc1. The highest BCUT2D eigenvalue weighted by atomic mass is 32.3. The molecule has 0 aliphatic rings. The molecule has 0 aliphatic heterocycles. The zero-order chi connectivity index (χ0) is 22.8. The fourth-order valence-corrected chi connectivity index (χ4v) is 8.60. The Kier molecular flexibility index (Phi) is 6.06. The molecule has 0 heterocycles. The Morgan fingerprint density at radius 2 is 1.25 bits per heavy atom. The molecule has 0 saturated heterocycles. The van der Waals surface area contributed by atoms with E-state index in [2.05, 4.69) is 0 Å². The van der Waals surface area contributed by atoms with Crippen LogP contribution in [-0.2, 0) is 13.7 Å². The van der Waals surface area contributed by atoms with E-state index < -0.39 is 26.2 Å². The minimum absolute atomic E-state index is 0.00608. The van der Waals surface area contributed by atoms with Gasteiger partial charge in [0.15, 0.2) is 0 Å². The highest BCUT2D eigenvalue weighted by Gasteiger charge is 2.40. The lowest BCUT2D eigenvalue weighted by atomic mass is 10.2. The minimum Gasteiger partial charge on any atom is -0.507 e. The van der Waals surface area contributed by atoms with Gasteiger partial charge in [0.2, 0.25) is 0 Å². The van der Waals surface area contributed by atoms with E-state index in [0.29, 0.717) is 9.79 Å². The molecule has 0 fully saturated rings. The van der Waals surface area contributed by atoms with E-state index in [0.717, 1.165) is 11.6 Å². The second-order valence-corrected chi connectivity index (χ2v) is 11.5. The average molecular weight is 469 g/mol. The topological polar surface area (TPSA) is 63.6 Å². The van der Waals surface area contributed by atoms with Crippen LogP contribution in [0.25, 0.3) is 0 Å². The molecule has 4 nitrogen and oxygen atoms in total. The Hall–Kier alpha value is -3.13. The van der Waals surface area contributed by atoms with E-state index in [9.17, 15) is 17.9 Å². The van der Waals surface area contributed by atoms with Gasteiger partial charge in [0.1, 0.15) is 11.6 Å². The number of rotatable bonds is 6. The highest BCUT2D eigenvalue weighted by Crippen LogP contribution is 2.72. The van der Waals surface area contributed by atoms with Crippen LogP contribution >= 0.6 is 10.3 Å². The lowest BCUT2D eigenvalue weighted by molar-refractivity contribution is 0.452. The van der Waals surface area contributed by atoms with Gasteiger partial charge in [-0.2, -0.15) is 8.42 Å². The molecule has 7 heteroatoms. The van der Waals surface area contributed by atoms with E-state index in [1.807, 2.05) is 6.92 Å². The van der Waals surface area contributed by atoms with Crippen LogP contribution in [0.1, 0.15) is 5.56 Å². The normalized spacial score (nSPS) is 12.4. The van der Waals surface area contributed by atoms with Gasteiger partial charge in [0.05, 0.1) is 9.79 Å². The second-order valence-electron chi connectivity index (χ2n) is 7.13. The Bertz CT molecular complexity index is 1280. The third kappa shape index (κ3) is 4.14. The summed E-state index contributed by atoms with van der Waals surface area (Å²) in [6.45, 7) is 1.86. The van der Waals surface area contributed by atoms with Crippen molar-refractivity contribution in [3.05, 3.63) is 115 Å². The summed E-state index contributed by atoms with van der Waals surface area (Å²) in [6, 6.07) is 27.5. The summed E-state index contributed by atoms with van der Waals surface area (Å²) >= 11 is 0. The zero-order valence-electron chi connectivity index (χ0n) is 17.2. The van der Waals surface area contributed by atoms with E-state index in [1.54, 1.807) is 72.8 Å². The number of benzene rings is 4. The quantitative estimate of drug-likeness (QED) is 0.354. The van der Waals surface area contributed by atoms with Crippen LogP contribution in [0.4, 0.5) is 4.39 Å². The lowest BCUT2D eigenvalue weighted by Crippen LogP contribution is -2.14. The maximum Gasteiger partial charge on any atom is 0.307 e. The summed E-state index contributed by atoms with van der Waals surface area (Å²) in [7, 11) is -7.27. The average Bonchev–Trinajstić information content (AvgIpc) is 2.79. The number of hydrogen-bond donors (Lipinski definition) is 1.